The second-order valence-electron chi connectivity index (χ2n) is 5.90. The molecule has 3 atom stereocenters. The standard InChI is InChI=1S/C14H25N5OS/c1-3-11-8-18(9-12(4-2)20-11)14-15-16-17-19(14)10-13-6-5-7-21-13/h11-13H,3-10H2,1-2H3. The Hall–Kier alpha value is -0.820. The Kier molecular flexibility index (Phi) is 5.00. The quantitative estimate of drug-likeness (QED) is 0.828. The van der Waals surface area contributed by atoms with E-state index in [1.54, 1.807) is 0 Å². The van der Waals surface area contributed by atoms with Gasteiger partial charge < -0.3 is 9.64 Å². The van der Waals surface area contributed by atoms with Crippen LogP contribution < -0.4 is 4.90 Å². The molecule has 2 fully saturated rings. The van der Waals surface area contributed by atoms with E-state index in [9.17, 15) is 0 Å². The minimum absolute atomic E-state index is 0.287. The number of hydrogen-bond acceptors (Lipinski definition) is 6. The number of thioether (sulfide) groups is 1. The molecule has 1 aromatic heterocycles. The van der Waals surface area contributed by atoms with Crippen LogP contribution in [0, 0.1) is 0 Å². The van der Waals surface area contributed by atoms with E-state index in [0.717, 1.165) is 38.4 Å². The number of rotatable bonds is 5. The van der Waals surface area contributed by atoms with Crippen LogP contribution in [0.3, 0.4) is 0 Å². The number of tetrazole rings is 1. The lowest BCUT2D eigenvalue weighted by Crippen LogP contribution is -2.48. The van der Waals surface area contributed by atoms with Gasteiger partial charge in [-0.2, -0.15) is 11.8 Å². The van der Waals surface area contributed by atoms with Gasteiger partial charge >= 0.3 is 0 Å². The Bertz CT molecular complexity index is 436. The summed E-state index contributed by atoms with van der Waals surface area (Å²) >= 11 is 2.05. The van der Waals surface area contributed by atoms with Crippen LogP contribution in [0.2, 0.25) is 0 Å². The van der Waals surface area contributed by atoms with Gasteiger partial charge in [0.1, 0.15) is 0 Å². The number of anilines is 1. The fraction of sp³-hybridized carbons (Fsp3) is 0.929. The highest BCUT2D eigenvalue weighted by atomic mass is 32.2. The van der Waals surface area contributed by atoms with Gasteiger partial charge in [0.2, 0.25) is 5.95 Å². The molecule has 0 radical (unpaired) electrons. The summed E-state index contributed by atoms with van der Waals surface area (Å²) in [7, 11) is 0. The summed E-state index contributed by atoms with van der Waals surface area (Å²) in [4.78, 5) is 2.31. The van der Waals surface area contributed by atoms with Crippen LogP contribution >= 0.6 is 11.8 Å². The first-order valence-electron chi connectivity index (χ1n) is 8.08. The maximum absolute atomic E-state index is 6.06. The van der Waals surface area contributed by atoms with E-state index in [2.05, 4.69) is 34.3 Å². The maximum Gasteiger partial charge on any atom is 0.245 e. The molecule has 1 aromatic rings. The molecule has 21 heavy (non-hydrogen) atoms. The molecule has 0 aliphatic carbocycles. The van der Waals surface area contributed by atoms with Gasteiger partial charge in [-0.05, 0) is 41.9 Å². The van der Waals surface area contributed by atoms with Gasteiger partial charge in [0.05, 0.1) is 18.8 Å². The molecule has 2 aliphatic rings. The molecule has 0 N–H and O–H groups in total. The lowest BCUT2D eigenvalue weighted by Gasteiger charge is -2.37. The molecule has 118 valence electrons. The van der Waals surface area contributed by atoms with E-state index in [1.165, 1.54) is 18.6 Å². The summed E-state index contributed by atoms with van der Waals surface area (Å²) in [6.07, 6.45) is 5.24. The highest BCUT2D eigenvalue weighted by molar-refractivity contribution is 8.00. The normalized spacial score (nSPS) is 30.0. The monoisotopic (exact) mass is 311 g/mol. The van der Waals surface area contributed by atoms with Crippen LogP contribution in [0.15, 0.2) is 0 Å². The number of ether oxygens (including phenoxy) is 1. The molecular formula is C14H25N5OS. The Morgan fingerprint density at radius 3 is 2.62 bits per heavy atom. The molecule has 3 heterocycles. The molecule has 3 unspecified atom stereocenters. The zero-order valence-electron chi connectivity index (χ0n) is 12.9. The van der Waals surface area contributed by atoms with Crippen molar-refractivity contribution in [1.82, 2.24) is 20.2 Å². The fourth-order valence-electron chi connectivity index (χ4n) is 3.06. The average molecular weight is 311 g/mol. The third-order valence-electron chi connectivity index (χ3n) is 4.34. The smallest absolute Gasteiger partial charge is 0.245 e. The second-order valence-corrected chi connectivity index (χ2v) is 7.31. The molecule has 0 saturated carbocycles. The molecular weight excluding hydrogens is 286 g/mol. The molecule has 6 nitrogen and oxygen atoms in total. The summed E-state index contributed by atoms with van der Waals surface area (Å²) in [5, 5.41) is 13.1. The van der Waals surface area contributed by atoms with Crippen molar-refractivity contribution in [1.29, 1.82) is 0 Å². The summed E-state index contributed by atoms with van der Waals surface area (Å²) in [6, 6.07) is 0. The van der Waals surface area contributed by atoms with E-state index in [0.29, 0.717) is 5.25 Å². The third-order valence-corrected chi connectivity index (χ3v) is 5.72. The topological polar surface area (TPSA) is 56.1 Å². The van der Waals surface area contributed by atoms with Crippen molar-refractivity contribution in [2.45, 2.75) is 63.5 Å². The predicted molar refractivity (Wildman–Crippen MR) is 84.8 cm³/mol. The van der Waals surface area contributed by atoms with Crippen molar-refractivity contribution in [3.8, 4) is 0 Å². The molecule has 0 aromatic carbocycles. The van der Waals surface area contributed by atoms with Gasteiger partial charge in [-0.25, -0.2) is 4.68 Å². The maximum atomic E-state index is 6.06. The number of aromatic nitrogens is 4. The van der Waals surface area contributed by atoms with Crippen molar-refractivity contribution in [3.63, 3.8) is 0 Å². The summed E-state index contributed by atoms with van der Waals surface area (Å²) in [5.41, 5.74) is 0. The van der Waals surface area contributed by atoms with E-state index < -0.39 is 0 Å². The van der Waals surface area contributed by atoms with Crippen molar-refractivity contribution in [2.75, 3.05) is 23.7 Å². The highest BCUT2D eigenvalue weighted by Crippen LogP contribution is 2.28. The van der Waals surface area contributed by atoms with Crippen molar-refractivity contribution in [3.05, 3.63) is 0 Å². The van der Waals surface area contributed by atoms with Crippen molar-refractivity contribution < 1.29 is 4.74 Å². The van der Waals surface area contributed by atoms with E-state index in [4.69, 9.17) is 4.74 Å². The highest BCUT2D eigenvalue weighted by Gasteiger charge is 2.29. The van der Waals surface area contributed by atoms with Crippen LogP contribution in [0.25, 0.3) is 0 Å². The first-order chi connectivity index (χ1) is 10.3. The molecule has 7 heteroatoms. The fourth-order valence-corrected chi connectivity index (χ4v) is 4.31. The molecule has 0 bridgehead atoms. The lowest BCUT2D eigenvalue weighted by atomic mass is 10.1. The predicted octanol–water partition coefficient (Wildman–Crippen LogP) is 1.96. The van der Waals surface area contributed by atoms with Gasteiger partial charge in [-0.15, -0.1) is 0 Å². The zero-order valence-corrected chi connectivity index (χ0v) is 13.8. The van der Waals surface area contributed by atoms with E-state index in [-0.39, 0.29) is 12.2 Å². The second kappa shape index (κ2) is 6.96. The van der Waals surface area contributed by atoms with E-state index >= 15 is 0 Å². The van der Waals surface area contributed by atoms with Gasteiger partial charge in [-0.1, -0.05) is 18.9 Å². The lowest BCUT2D eigenvalue weighted by molar-refractivity contribution is -0.0292. The first kappa shape index (κ1) is 15.1. The summed E-state index contributed by atoms with van der Waals surface area (Å²) in [5.74, 6) is 2.19. The summed E-state index contributed by atoms with van der Waals surface area (Å²) in [6.45, 7) is 7.08. The third kappa shape index (κ3) is 3.51. The molecule has 0 spiro atoms. The van der Waals surface area contributed by atoms with Crippen LogP contribution in [-0.4, -0.2) is 56.5 Å². The Morgan fingerprint density at radius 1 is 1.24 bits per heavy atom. The van der Waals surface area contributed by atoms with Crippen LogP contribution in [0.4, 0.5) is 5.95 Å². The molecule has 2 aliphatic heterocycles. The number of morpholine rings is 1. The minimum Gasteiger partial charge on any atom is -0.371 e. The van der Waals surface area contributed by atoms with Crippen LogP contribution in [0.5, 0.6) is 0 Å². The summed E-state index contributed by atoms with van der Waals surface area (Å²) < 4.78 is 8.06. The Morgan fingerprint density at radius 2 is 2.00 bits per heavy atom. The zero-order chi connectivity index (χ0) is 14.7. The van der Waals surface area contributed by atoms with Gasteiger partial charge in [0.15, 0.2) is 0 Å². The average Bonchev–Trinajstić information content (AvgIpc) is 3.19. The molecule has 3 rings (SSSR count). The number of hydrogen-bond donors (Lipinski definition) is 0. The number of nitrogens with zero attached hydrogens (tertiary/aromatic N) is 5. The largest absolute Gasteiger partial charge is 0.371 e. The van der Waals surface area contributed by atoms with E-state index in [1.807, 2.05) is 16.4 Å². The van der Waals surface area contributed by atoms with Crippen LogP contribution in [0.1, 0.15) is 39.5 Å². The molecule has 0 amide bonds. The van der Waals surface area contributed by atoms with Crippen molar-refractivity contribution in [2.24, 2.45) is 0 Å². The van der Waals surface area contributed by atoms with Crippen molar-refractivity contribution >= 4 is 17.7 Å². The Labute approximate surface area is 130 Å². The molecule has 2 saturated heterocycles. The van der Waals surface area contributed by atoms with Gasteiger partial charge in [0, 0.05) is 18.3 Å². The Balaban J connectivity index is 1.71. The van der Waals surface area contributed by atoms with Crippen LogP contribution in [-0.2, 0) is 11.3 Å². The van der Waals surface area contributed by atoms with Gasteiger partial charge in [0.25, 0.3) is 0 Å². The SMILES string of the molecule is CCC1CN(c2nnnn2CC2CCCS2)CC(CC)O1. The first-order valence-corrected chi connectivity index (χ1v) is 9.13. The van der Waals surface area contributed by atoms with Gasteiger partial charge in [-0.3, -0.25) is 0 Å². The minimum atomic E-state index is 0.287.